The minimum Gasteiger partial charge on any atom is -0.495 e. The molecule has 4 rings (SSSR count). The fraction of sp³-hybridized carbons (Fsp3) is 0.632. The van der Waals surface area contributed by atoms with Gasteiger partial charge in [-0.2, -0.15) is 0 Å². The van der Waals surface area contributed by atoms with Crippen LogP contribution in [0.3, 0.4) is 0 Å². The Balaban J connectivity index is 1.72. The van der Waals surface area contributed by atoms with Gasteiger partial charge in [-0.1, -0.05) is 70.8 Å². The SMILES string of the molecule is COc1cc2cc(c1Cl)N(C)C(=O)CC(OC(=O)[C@H](C)N(C)C(=O)CC[C@H](C)SSC)C1(C)OC1C(C)C1CC(O)(NC(=O)O1)C(OC)/C=C/C=C(\C)C2. The van der Waals surface area contributed by atoms with E-state index in [0.717, 1.165) is 11.1 Å². The molecular formula is C38H54ClN3O10S2. The van der Waals surface area contributed by atoms with Crippen LogP contribution in [0.5, 0.6) is 5.75 Å². The van der Waals surface area contributed by atoms with Gasteiger partial charge in [-0.3, -0.25) is 14.9 Å². The maximum absolute atomic E-state index is 14.2. The lowest BCUT2D eigenvalue weighted by molar-refractivity contribution is -0.162. The summed E-state index contributed by atoms with van der Waals surface area (Å²) in [5.74, 6) is -1.48. The van der Waals surface area contributed by atoms with Crippen LogP contribution in [0.25, 0.3) is 0 Å². The Morgan fingerprint density at radius 3 is 2.59 bits per heavy atom. The van der Waals surface area contributed by atoms with Gasteiger partial charge in [0.25, 0.3) is 0 Å². The predicted octanol–water partition coefficient (Wildman–Crippen LogP) is 5.69. The van der Waals surface area contributed by atoms with Crippen LogP contribution in [0.15, 0.2) is 35.9 Å². The number of benzene rings is 1. The number of anilines is 1. The minimum absolute atomic E-state index is 0.0460. The molecule has 7 unspecified atom stereocenters. The molecule has 54 heavy (non-hydrogen) atoms. The quantitative estimate of drug-likeness (QED) is 0.169. The lowest BCUT2D eigenvalue weighted by Crippen LogP contribution is -2.63. The van der Waals surface area contributed by atoms with Gasteiger partial charge < -0.3 is 38.6 Å². The second-order valence-electron chi connectivity index (χ2n) is 14.5. The molecule has 1 aromatic rings. The second-order valence-corrected chi connectivity index (χ2v) is 17.8. The number of likely N-dealkylation sites (N-methyl/N-ethyl adjacent to an activating group) is 1. The number of hydrogen-bond donors (Lipinski definition) is 2. The highest BCUT2D eigenvalue weighted by molar-refractivity contribution is 8.76. The van der Waals surface area contributed by atoms with E-state index < -0.39 is 65.7 Å². The molecule has 3 heterocycles. The molecular weight excluding hydrogens is 758 g/mol. The fourth-order valence-electron chi connectivity index (χ4n) is 6.93. The van der Waals surface area contributed by atoms with Crippen LogP contribution in [0.4, 0.5) is 10.5 Å². The van der Waals surface area contributed by atoms with Gasteiger partial charge >= 0.3 is 12.1 Å². The van der Waals surface area contributed by atoms with Crippen molar-refractivity contribution in [2.75, 3.05) is 39.5 Å². The van der Waals surface area contributed by atoms with Crippen molar-refractivity contribution in [2.45, 2.75) is 114 Å². The van der Waals surface area contributed by atoms with Crippen molar-refractivity contribution < 1.29 is 48.0 Å². The van der Waals surface area contributed by atoms with E-state index in [1.54, 1.807) is 73.8 Å². The smallest absolute Gasteiger partial charge is 0.409 e. The van der Waals surface area contributed by atoms with Crippen molar-refractivity contribution in [3.05, 3.63) is 46.5 Å². The van der Waals surface area contributed by atoms with E-state index in [0.29, 0.717) is 24.3 Å². The summed E-state index contributed by atoms with van der Waals surface area (Å²) in [6.07, 6.45) is 3.89. The number of aliphatic hydroxyl groups is 1. The number of alkyl carbamates (subject to hydrolysis) is 1. The summed E-state index contributed by atoms with van der Waals surface area (Å²) in [6.45, 7) is 9.09. The molecule has 2 N–H and O–H groups in total. The van der Waals surface area contributed by atoms with Crippen molar-refractivity contribution in [1.29, 1.82) is 0 Å². The summed E-state index contributed by atoms with van der Waals surface area (Å²) >= 11 is 6.77. The van der Waals surface area contributed by atoms with E-state index in [1.807, 2.05) is 33.1 Å². The first-order chi connectivity index (χ1) is 25.4. The number of fused-ring (bicyclic) bond motifs is 5. The van der Waals surface area contributed by atoms with E-state index in [4.69, 9.17) is 35.3 Å². The number of esters is 1. The number of allylic oxidation sites excluding steroid dienone is 3. The number of hydrogen-bond acceptors (Lipinski definition) is 12. The van der Waals surface area contributed by atoms with Crippen molar-refractivity contribution in [3.63, 3.8) is 0 Å². The van der Waals surface area contributed by atoms with Gasteiger partial charge in [0.05, 0.1) is 25.3 Å². The van der Waals surface area contributed by atoms with Gasteiger partial charge in [0.15, 0.2) is 5.72 Å². The van der Waals surface area contributed by atoms with Crippen LogP contribution in [0.2, 0.25) is 5.02 Å². The standard InChI is InChI=1S/C38H54ClN3O10S2/c1-21-12-11-13-29(49-9)38(47)20-28(50-36(46)40-38)23(3)34-37(5,52-34)30(51-35(45)24(4)41(6)31(43)15-14-22(2)54-53-10)19-32(44)42(7)26-17-25(16-21)18-27(48-8)33(26)39/h11-13,17-18,22-24,28-30,34,47H,14-16,19-20H2,1-10H3,(H,40,46)/b13-11+,21-12+/t22-,23?,24-,28?,29?,30?,34?,37?,38?/m0/s1. The molecule has 16 heteroatoms. The summed E-state index contributed by atoms with van der Waals surface area (Å²) in [4.78, 5) is 56.7. The Bertz CT molecular complexity index is 1630. The molecule has 0 radical (unpaired) electrons. The molecule has 3 amide bonds. The number of methoxy groups -OCH3 is 2. The summed E-state index contributed by atoms with van der Waals surface area (Å²) in [6, 6.07) is 2.63. The molecule has 3 aliphatic rings. The number of nitrogens with one attached hydrogen (secondary N) is 1. The number of epoxide rings is 1. The van der Waals surface area contributed by atoms with Crippen molar-refractivity contribution in [3.8, 4) is 5.75 Å². The molecule has 2 saturated heterocycles. The fourth-order valence-corrected chi connectivity index (χ4v) is 9.06. The predicted molar refractivity (Wildman–Crippen MR) is 211 cm³/mol. The van der Waals surface area contributed by atoms with Crippen molar-refractivity contribution >= 4 is 62.8 Å². The van der Waals surface area contributed by atoms with E-state index in [9.17, 15) is 24.3 Å². The summed E-state index contributed by atoms with van der Waals surface area (Å²) in [5.41, 5.74) is -0.890. The first kappa shape index (κ1) is 43.8. The zero-order valence-corrected chi connectivity index (χ0v) is 35.1. The average Bonchev–Trinajstić information content (AvgIpc) is 3.82. The molecule has 3 aliphatic heterocycles. The maximum Gasteiger partial charge on any atom is 0.409 e. The lowest BCUT2D eigenvalue weighted by atomic mass is 9.83. The third kappa shape index (κ3) is 10.1. The van der Waals surface area contributed by atoms with Crippen LogP contribution in [0, 0.1) is 5.92 Å². The number of ether oxygens (including phenoxy) is 5. The van der Waals surface area contributed by atoms with Crippen LogP contribution < -0.4 is 15.0 Å². The molecule has 0 aliphatic carbocycles. The molecule has 9 atom stereocenters. The van der Waals surface area contributed by atoms with Crippen LogP contribution in [-0.4, -0.2) is 115 Å². The molecule has 1 aromatic carbocycles. The van der Waals surface area contributed by atoms with Crippen LogP contribution >= 0.6 is 33.2 Å². The Labute approximate surface area is 331 Å². The largest absolute Gasteiger partial charge is 0.495 e. The van der Waals surface area contributed by atoms with Gasteiger partial charge in [0.2, 0.25) is 11.8 Å². The zero-order valence-electron chi connectivity index (χ0n) is 32.7. The number of carbonyl (C=O) groups is 4. The molecule has 0 aromatic heterocycles. The zero-order chi connectivity index (χ0) is 40.1. The topological polar surface area (TPSA) is 156 Å². The molecule has 0 spiro atoms. The lowest BCUT2D eigenvalue weighted by Gasteiger charge is -2.42. The molecule has 300 valence electrons. The Kier molecular flexibility index (Phi) is 14.9. The molecule has 13 nitrogen and oxygen atoms in total. The second kappa shape index (κ2) is 18.3. The average molecular weight is 812 g/mol. The van der Waals surface area contributed by atoms with Crippen LogP contribution in [0.1, 0.15) is 65.9 Å². The number of halogens is 1. The van der Waals surface area contributed by atoms with Gasteiger partial charge in [-0.25, -0.2) is 9.59 Å². The monoisotopic (exact) mass is 811 g/mol. The van der Waals surface area contributed by atoms with Crippen molar-refractivity contribution in [2.24, 2.45) is 5.92 Å². The summed E-state index contributed by atoms with van der Waals surface area (Å²) < 4.78 is 29.3. The third-order valence-electron chi connectivity index (χ3n) is 10.5. The Hall–Kier alpha value is -2.95. The maximum atomic E-state index is 14.2. The first-order valence-electron chi connectivity index (χ1n) is 17.9. The summed E-state index contributed by atoms with van der Waals surface area (Å²) in [7, 11) is 9.38. The number of amides is 3. The number of carbonyl (C=O) groups excluding carboxylic acids is 4. The van der Waals surface area contributed by atoms with Gasteiger partial charge in [-0.05, 0) is 57.6 Å². The highest BCUT2D eigenvalue weighted by Crippen LogP contribution is 2.49. The number of nitrogens with zero attached hydrogens (tertiary/aromatic N) is 2. The van der Waals surface area contributed by atoms with Gasteiger partial charge in [0, 0.05) is 45.2 Å². The van der Waals surface area contributed by atoms with Gasteiger partial charge in [0.1, 0.15) is 40.7 Å². The highest BCUT2D eigenvalue weighted by Gasteiger charge is 2.64. The van der Waals surface area contributed by atoms with Crippen molar-refractivity contribution in [1.82, 2.24) is 10.2 Å². The summed E-state index contributed by atoms with van der Waals surface area (Å²) in [5, 5.41) is 14.8. The van der Waals surface area contributed by atoms with E-state index in [-0.39, 0.29) is 35.4 Å². The number of rotatable bonds is 10. The normalized spacial score (nSPS) is 31.4. The van der Waals surface area contributed by atoms with E-state index in [2.05, 4.69) is 5.32 Å². The molecule has 2 fully saturated rings. The van der Waals surface area contributed by atoms with Gasteiger partial charge in [-0.15, -0.1) is 0 Å². The van der Waals surface area contributed by atoms with E-state index in [1.165, 1.54) is 24.0 Å². The van der Waals surface area contributed by atoms with Crippen LogP contribution in [-0.2, 0) is 39.8 Å². The first-order valence-corrected chi connectivity index (χ1v) is 20.9. The van der Waals surface area contributed by atoms with E-state index >= 15 is 0 Å². The Morgan fingerprint density at radius 1 is 1.24 bits per heavy atom. The highest BCUT2D eigenvalue weighted by atomic mass is 35.5. The third-order valence-corrected chi connectivity index (χ3v) is 13.2. The minimum atomic E-state index is -1.82. The molecule has 4 bridgehead atoms. The Morgan fingerprint density at radius 2 is 1.94 bits per heavy atom. The molecule has 0 saturated carbocycles.